The summed E-state index contributed by atoms with van der Waals surface area (Å²) in [7, 11) is 0. The van der Waals surface area contributed by atoms with Crippen LogP contribution in [0.3, 0.4) is 0 Å². The number of halogens is 3. The Labute approximate surface area is 106 Å². The number of hydrogen-bond donors (Lipinski definition) is 0. The predicted molar refractivity (Wildman–Crippen MR) is 60.9 cm³/mol. The van der Waals surface area contributed by atoms with E-state index in [0.717, 1.165) is 12.1 Å². The zero-order chi connectivity index (χ0) is 14.2. The number of rotatable bonds is 2. The lowest BCUT2D eigenvalue weighted by Gasteiger charge is -2.07. The van der Waals surface area contributed by atoms with Crippen molar-refractivity contribution in [2.75, 3.05) is 6.61 Å². The molecule has 0 bridgehead atoms. The molecule has 0 aliphatic heterocycles. The number of carbonyl (C=O) groups excluding carboxylic acids is 1. The minimum Gasteiger partial charge on any atom is -0.462 e. The molecule has 2 heterocycles. The van der Waals surface area contributed by atoms with E-state index in [-0.39, 0.29) is 17.7 Å². The molecule has 0 atom stereocenters. The van der Waals surface area contributed by atoms with Crippen LogP contribution < -0.4 is 0 Å². The number of alkyl halides is 3. The molecule has 2 aromatic heterocycles. The molecule has 0 aromatic carbocycles. The highest BCUT2D eigenvalue weighted by Gasteiger charge is 2.31. The predicted octanol–water partition coefficient (Wildman–Crippen LogP) is 2.84. The number of esters is 1. The van der Waals surface area contributed by atoms with E-state index < -0.39 is 17.7 Å². The molecule has 0 fully saturated rings. The summed E-state index contributed by atoms with van der Waals surface area (Å²) >= 11 is 0. The number of ether oxygens (including phenoxy) is 1. The molecule has 0 saturated carbocycles. The van der Waals surface area contributed by atoms with E-state index in [0.29, 0.717) is 5.69 Å². The first-order valence-corrected chi connectivity index (χ1v) is 5.58. The highest BCUT2D eigenvalue weighted by molar-refractivity contribution is 5.98. The van der Waals surface area contributed by atoms with E-state index in [1.807, 2.05) is 0 Å². The monoisotopic (exact) mass is 272 g/mol. The summed E-state index contributed by atoms with van der Waals surface area (Å²) in [4.78, 5) is 11.7. The second-order valence-electron chi connectivity index (χ2n) is 3.92. The number of carbonyl (C=O) groups is 1. The van der Waals surface area contributed by atoms with E-state index in [2.05, 4.69) is 5.10 Å². The minimum absolute atomic E-state index is 0.0629. The van der Waals surface area contributed by atoms with Crippen LogP contribution in [-0.2, 0) is 10.9 Å². The fourth-order valence-corrected chi connectivity index (χ4v) is 1.80. The van der Waals surface area contributed by atoms with Gasteiger partial charge in [-0.2, -0.15) is 18.3 Å². The van der Waals surface area contributed by atoms with Crippen LogP contribution in [0.1, 0.15) is 28.5 Å². The second-order valence-corrected chi connectivity index (χ2v) is 3.92. The van der Waals surface area contributed by atoms with Gasteiger partial charge in [0, 0.05) is 6.20 Å². The van der Waals surface area contributed by atoms with Gasteiger partial charge < -0.3 is 4.74 Å². The number of aromatic nitrogens is 2. The lowest BCUT2D eigenvalue weighted by molar-refractivity contribution is -0.137. The van der Waals surface area contributed by atoms with Gasteiger partial charge in [0.15, 0.2) is 0 Å². The zero-order valence-electron chi connectivity index (χ0n) is 10.3. The number of aryl methyl sites for hydroxylation is 1. The fraction of sp³-hybridized carbons (Fsp3) is 0.333. The van der Waals surface area contributed by atoms with E-state index in [1.54, 1.807) is 13.8 Å². The SMILES string of the molecule is CCOC(=O)c1c(C)nn2ccc(C(F)(F)F)cc12. The van der Waals surface area contributed by atoms with Gasteiger partial charge in [-0.1, -0.05) is 0 Å². The van der Waals surface area contributed by atoms with Crippen molar-refractivity contribution >= 4 is 11.5 Å². The molecule has 102 valence electrons. The van der Waals surface area contributed by atoms with Gasteiger partial charge in [-0.05, 0) is 26.0 Å². The van der Waals surface area contributed by atoms with Crippen molar-refractivity contribution in [1.29, 1.82) is 0 Å². The molecular weight excluding hydrogens is 261 g/mol. The Balaban J connectivity index is 2.63. The Morgan fingerprint density at radius 2 is 2.16 bits per heavy atom. The molecule has 2 aromatic rings. The highest BCUT2D eigenvalue weighted by atomic mass is 19.4. The third-order valence-corrected chi connectivity index (χ3v) is 2.62. The van der Waals surface area contributed by atoms with Crippen LogP contribution in [0, 0.1) is 6.92 Å². The van der Waals surface area contributed by atoms with Crippen LogP contribution in [0.2, 0.25) is 0 Å². The Morgan fingerprint density at radius 1 is 1.47 bits per heavy atom. The molecule has 19 heavy (non-hydrogen) atoms. The number of fused-ring (bicyclic) bond motifs is 1. The maximum Gasteiger partial charge on any atom is 0.416 e. The van der Waals surface area contributed by atoms with Gasteiger partial charge in [-0.25, -0.2) is 9.31 Å². The first kappa shape index (κ1) is 13.4. The summed E-state index contributed by atoms with van der Waals surface area (Å²) in [5.74, 6) is -0.672. The quantitative estimate of drug-likeness (QED) is 0.789. The third kappa shape index (κ3) is 2.40. The molecule has 0 aliphatic carbocycles. The molecule has 0 N–H and O–H groups in total. The maximum atomic E-state index is 12.7. The van der Waals surface area contributed by atoms with Gasteiger partial charge in [0.1, 0.15) is 5.56 Å². The third-order valence-electron chi connectivity index (χ3n) is 2.62. The molecule has 7 heteroatoms. The topological polar surface area (TPSA) is 43.6 Å². The summed E-state index contributed by atoms with van der Waals surface area (Å²) in [5.41, 5.74) is -0.345. The van der Waals surface area contributed by atoms with Crippen LogP contribution in [0.15, 0.2) is 18.3 Å². The van der Waals surface area contributed by atoms with Gasteiger partial charge in [-0.3, -0.25) is 0 Å². The van der Waals surface area contributed by atoms with E-state index in [1.165, 1.54) is 10.7 Å². The lowest BCUT2D eigenvalue weighted by Crippen LogP contribution is -2.08. The minimum atomic E-state index is -4.47. The Morgan fingerprint density at radius 3 is 2.74 bits per heavy atom. The molecular formula is C12H11F3N2O2. The summed E-state index contributed by atoms with van der Waals surface area (Å²) in [6, 6.07) is 1.81. The first-order valence-electron chi connectivity index (χ1n) is 5.58. The summed E-state index contributed by atoms with van der Waals surface area (Å²) in [5, 5.41) is 3.99. The Bertz CT molecular complexity index is 632. The molecule has 0 amide bonds. The van der Waals surface area contributed by atoms with Gasteiger partial charge in [0.05, 0.1) is 23.4 Å². The van der Waals surface area contributed by atoms with Crippen LogP contribution in [-0.4, -0.2) is 22.2 Å². The fourth-order valence-electron chi connectivity index (χ4n) is 1.80. The Hall–Kier alpha value is -2.05. The lowest BCUT2D eigenvalue weighted by atomic mass is 10.1. The average Bonchev–Trinajstić information content (AvgIpc) is 2.62. The van der Waals surface area contributed by atoms with Crippen molar-refractivity contribution in [1.82, 2.24) is 9.61 Å². The zero-order valence-corrected chi connectivity index (χ0v) is 10.3. The normalized spacial score (nSPS) is 11.8. The molecule has 0 unspecified atom stereocenters. The number of pyridine rings is 1. The molecule has 2 rings (SSSR count). The van der Waals surface area contributed by atoms with Crippen molar-refractivity contribution in [2.24, 2.45) is 0 Å². The van der Waals surface area contributed by atoms with Gasteiger partial charge >= 0.3 is 12.1 Å². The van der Waals surface area contributed by atoms with Crippen molar-refractivity contribution in [3.05, 3.63) is 35.2 Å². The van der Waals surface area contributed by atoms with E-state index in [4.69, 9.17) is 4.74 Å². The van der Waals surface area contributed by atoms with Crippen molar-refractivity contribution in [3.63, 3.8) is 0 Å². The summed E-state index contributed by atoms with van der Waals surface area (Å²) < 4.78 is 44.0. The second kappa shape index (κ2) is 4.56. The summed E-state index contributed by atoms with van der Waals surface area (Å²) in [6.07, 6.45) is -3.29. The number of hydrogen-bond acceptors (Lipinski definition) is 3. The van der Waals surface area contributed by atoms with Crippen molar-refractivity contribution in [3.8, 4) is 0 Å². The van der Waals surface area contributed by atoms with Gasteiger partial charge in [0.25, 0.3) is 0 Å². The molecule has 0 spiro atoms. The van der Waals surface area contributed by atoms with E-state index >= 15 is 0 Å². The van der Waals surface area contributed by atoms with Crippen molar-refractivity contribution in [2.45, 2.75) is 20.0 Å². The van der Waals surface area contributed by atoms with Crippen molar-refractivity contribution < 1.29 is 22.7 Å². The molecule has 0 radical (unpaired) electrons. The highest BCUT2D eigenvalue weighted by Crippen LogP contribution is 2.31. The molecule has 0 saturated heterocycles. The Kier molecular flexibility index (Phi) is 3.21. The van der Waals surface area contributed by atoms with Crippen LogP contribution >= 0.6 is 0 Å². The molecule has 0 aliphatic rings. The number of nitrogens with zero attached hydrogens (tertiary/aromatic N) is 2. The largest absolute Gasteiger partial charge is 0.462 e. The van der Waals surface area contributed by atoms with Crippen LogP contribution in [0.25, 0.3) is 5.52 Å². The van der Waals surface area contributed by atoms with E-state index in [9.17, 15) is 18.0 Å². The van der Waals surface area contributed by atoms with Crippen LogP contribution in [0.5, 0.6) is 0 Å². The van der Waals surface area contributed by atoms with Gasteiger partial charge in [-0.15, -0.1) is 0 Å². The smallest absolute Gasteiger partial charge is 0.416 e. The molecule has 4 nitrogen and oxygen atoms in total. The average molecular weight is 272 g/mol. The maximum absolute atomic E-state index is 12.7. The first-order chi connectivity index (χ1) is 8.84. The van der Waals surface area contributed by atoms with Gasteiger partial charge in [0.2, 0.25) is 0 Å². The summed E-state index contributed by atoms with van der Waals surface area (Å²) in [6.45, 7) is 3.32. The van der Waals surface area contributed by atoms with Crippen LogP contribution in [0.4, 0.5) is 13.2 Å². The standard InChI is InChI=1S/C12H11F3N2O2/c1-3-19-11(18)10-7(2)16-17-5-4-8(6-9(10)17)12(13,14)15/h4-6H,3H2,1-2H3.